The summed E-state index contributed by atoms with van der Waals surface area (Å²) in [6.07, 6.45) is 1.66. The zero-order valence-electron chi connectivity index (χ0n) is 15.0. The Bertz CT molecular complexity index is 1050. The zero-order valence-corrected chi connectivity index (χ0v) is 16.6. The predicted molar refractivity (Wildman–Crippen MR) is 107 cm³/mol. The van der Waals surface area contributed by atoms with E-state index in [1.165, 1.54) is 0 Å². The highest BCUT2D eigenvalue weighted by atomic mass is 79.9. The number of hydrogen-bond acceptors (Lipinski definition) is 4. The molecule has 28 heavy (non-hydrogen) atoms. The average Bonchev–Trinajstić information content (AvgIpc) is 3.36. The van der Waals surface area contributed by atoms with Gasteiger partial charge in [-0.05, 0) is 48.7 Å². The van der Waals surface area contributed by atoms with Gasteiger partial charge in [0.05, 0.1) is 18.2 Å². The summed E-state index contributed by atoms with van der Waals surface area (Å²) in [5.41, 5.74) is -0.297. The number of rotatable bonds is 1. The van der Waals surface area contributed by atoms with E-state index in [1.807, 2.05) is 48.5 Å². The van der Waals surface area contributed by atoms with Crippen molar-refractivity contribution in [2.24, 2.45) is 5.41 Å². The normalized spacial score (nSPS) is 29.8. The summed E-state index contributed by atoms with van der Waals surface area (Å²) in [4.78, 5) is 15.8. The number of halogens is 1. The van der Waals surface area contributed by atoms with E-state index in [2.05, 4.69) is 38.3 Å². The molecule has 2 saturated heterocycles. The Balaban J connectivity index is 1.87. The number of hydrogen-bond donors (Lipinski definition) is 1. The molecular formula is C22H17BrN4O. The highest BCUT2D eigenvalue weighted by Crippen LogP contribution is 2.66. The number of nitrogens with one attached hydrogen (secondary N) is 1. The van der Waals surface area contributed by atoms with Crippen LogP contribution < -0.4 is 5.32 Å². The molecule has 2 aromatic rings. The lowest BCUT2D eigenvalue weighted by atomic mass is 9.57. The second-order valence-corrected chi connectivity index (χ2v) is 8.60. The maximum absolute atomic E-state index is 13.6. The third-order valence-electron chi connectivity index (χ3n) is 6.65. The van der Waals surface area contributed by atoms with Crippen molar-refractivity contribution in [2.75, 3.05) is 11.9 Å². The van der Waals surface area contributed by atoms with E-state index in [-0.39, 0.29) is 18.0 Å². The first-order chi connectivity index (χ1) is 13.6. The number of anilines is 1. The van der Waals surface area contributed by atoms with E-state index < -0.39 is 10.8 Å². The molecule has 0 saturated carbocycles. The fourth-order valence-electron chi connectivity index (χ4n) is 5.67. The molecule has 5 nitrogen and oxygen atoms in total. The van der Waals surface area contributed by atoms with Gasteiger partial charge in [0, 0.05) is 16.2 Å². The van der Waals surface area contributed by atoms with Crippen molar-refractivity contribution >= 4 is 27.5 Å². The number of carbonyl (C=O) groups is 1. The van der Waals surface area contributed by atoms with Gasteiger partial charge in [-0.25, -0.2) is 0 Å². The van der Waals surface area contributed by atoms with Gasteiger partial charge in [-0.1, -0.05) is 46.3 Å². The molecule has 3 aliphatic heterocycles. The fraction of sp³-hybridized carbons (Fsp3) is 0.318. The number of fused-ring (bicyclic) bond motifs is 3. The minimum absolute atomic E-state index is 0.251. The van der Waals surface area contributed by atoms with Crippen LogP contribution in [0.2, 0.25) is 0 Å². The van der Waals surface area contributed by atoms with Gasteiger partial charge in [0.15, 0.2) is 5.41 Å². The van der Waals surface area contributed by atoms with Crippen molar-refractivity contribution in [3.8, 4) is 12.1 Å². The third-order valence-corrected chi connectivity index (χ3v) is 7.18. The van der Waals surface area contributed by atoms with Crippen LogP contribution in [0, 0.1) is 28.1 Å². The van der Waals surface area contributed by atoms with Crippen LogP contribution in [0.5, 0.6) is 0 Å². The zero-order chi connectivity index (χ0) is 19.5. The first-order valence-corrected chi connectivity index (χ1v) is 10.1. The Morgan fingerprint density at radius 2 is 1.82 bits per heavy atom. The van der Waals surface area contributed by atoms with Crippen LogP contribution in [0.1, 0.15) is 30.0 Å². The van der Waals surface area contributed by atoms with Gasteiger partial charge in [0.1, 0.15) is 5.41 Å². The SMILES string of the molecule is N#CC1(C#N)C2CCCN2[C@@H](c2ccc(Br)cc2)[C@@]12C(=O)Nc1ccccc12. The number of amides is 1. The number of para-hydroxylation sites is 1. The Morgan fingerprint density at radius 3 is 2.54 bits per heavy atom. The third kappa shape index (κ3) is 1.85. The molecule has 1 amide bonds. The first-order valence-electron chi connectivity index (χ1n) is 9.35. The second kappa shape index (κ2) is 5.91. The molecule has 2 fully saturated rings. The largest absolute Gasteiger partial charge is 0.325 e. The Morgan fingerprint density at radius 1 is 1.11 bits per heavy atom. The molecule has 0 aromatic heterocycles. The maximum atomic E-state index is 13.6. The lowest BCUT2D eigenvalue weighted by molar-refractivity contribution is -0.123. The summed E-state index contributed by atoms with van der Waals surface area (Å²) in [6.45, 7) is 0.772. The minimum Gasteiger partial charge on any atom is -0.325 e. The van der Waals surface area contributed by atoms with Crippen LogP contribution in [0.4, 0.5) is 5.69 Å². The molecule has 138 valence electrons. The van der Waals surface area contributed by atoms with E-state index in [0.29, 0.717) is 5.69 Å². The predicted octanol–water partition coefficient (Wildman–Crippen LogP) is 3.89. The van der Waals surface area contributed by atoms with Crippen molar-refractivity contribution in [1.29, 1.82) is 10.5 Å². The molecule has 0 radical (unpaired) electrons. The van der Waals surface area contributed by atoms with E-state index >= 15 is 0 Å². The standard InChI is InChI=1S/C22H17BrN4O/c23-15-9-7-14(8-10-15)19-22(16-4-1-2-5-17(16)26-20(22)28)21(12-24,13-25)18-6-3-11-27(18)19/h1-2,4-5,7-10,18-19H,3,6,11H2,(H,26,28)/t18?,19-,22-/m0/s1. The highest BCUT2D eigenvalue weighted by Gasteiger charge is 2.76. The van der Waals surface area contributed by atoms with E-state index in [9.17, 15) is 15.3 Å². The van der Waals surface area contributed by atoms with Crippen LogP contribution in [0.3, 0.4) is 0 Å². The molecule has 5 rings (SSSR count). The summed E-state index contributed by atoms with van der Waals surface area (Å²) < 4.78 is 0.948. The molecular weight excluding hydrogens is 416 g/mol. The molecule has 0 bridgehead atoms. The van der Waals surface area contributed by atoms with Gasteiger partial charge in [0.2, 0.25) is 5.91 Å². The number of nitriles is 2. The lowest BCUT2D eigenvalue weighted by Gasteiger charge is -2.37. The Kier molecular flexibility index (Phi) is 3.68. The minimum atomic E-state index is -1.45. The van der Waals surface area contributed by atoms with Crippen molar-refractivity contribution in [2.45, 2.75) is 30.3 Å². The van der Waals surface area contributed by atoms with Gasteiger partial charge in [-0.2, -0.15) is 10.5 Å². The Labute approximate surface area is 171 Å². The monoisotopic (exact) mass is 432 g/mol. The number of carbonyl (C=O) groups excluding carboxylic acids is 1. The Hall–Kier alpha value is -2.67. The molecule has 2 aromatic carbocycles. The molecule has 1 unspecified atom stereocenters. The number of nitrogens with zero attached hydrogens (tertiary/aromatic N) is 3. The molecule has 3 atom stereocenters. The summed E-state index contributed by atoms with van der Waals surface area (Å²) in [7, 11) is 0. The first kappa shape index (κ1) is 17.4. The van der Waals surface area contributed by atoms with Crippen LogP contribution >= 0.6 is 15.9 Å². The van der Waals surface area contributed by atoms with Crippen molar-refractivity contribution < 1.29 is 4.79 Å². The van der Waals surface area contributed by atoms with Crippen LogP contribution in [0.25, 0.3) is 0 Å². The topological polar surface area (TPSA) is 79.9 Å². The molecule has 1 spiro atoms. The molecule has 6 heteroatoms. The lowest BCUT2D eigenvalue weighted by Crippen LogP contribution is -2.51. The summed E-state index contributed by atoms with van der Waals surface area (Å²) in [5, 5.41) is 23.7. The molecule has 3 aliphatic rings. The van der Waals surface area contributed by atoms with Crippen molar-refractivity contribution in [3.63, 3.8) is 0 Å². The van der Waals surface area contributed by atoms with Gasteiger partial charge >= 0.3 is 0 Å². The fourth-order valence-corrected chi connectivity index (χ4v) is 5.93. The van der Waals surface area contributed by atoms with Crippen LogP contribution in [-0.2, 0) is 10.2 Å². The molecule has 0 aliphatic carbocycles. The van der Waals surface area contributed by atoms with Gasteiger partial charge in [-0.3, -0.25) is 9.69 Å². The van der Waals surface area contributed by atoms with Crippen molar-refractivity contribution in [1.82, 2.24) is 4.90 Å². The number of benzene rings is 2. The maximum Gasteiger partial charge on any atom is 0.239 e. The molecule has 3 heterocycles. The van der Waals surface area contributed by atoms with Gasteiger partial charge in [0.25, 0.3) is 0 Å². The molecule has 1 N–H and O–H groups in total. The summed E-state index contributed by atoms with van der Waals surface area (Å²) in [5.74, 6) is -0.251. The van der Waals surface area contributed by atoms with E-state index in [0.717, 1.165) is 35.0 Å². The van der Waals surface area contributed by atoms with Crippen molar-refractivity contribution in [3.05, 3.63) is 64.1 Å². The van der Waals surface area contributed by atoms with Crippen LogP contribution in [0.15, 0.2) is 53.0 Å². The summed E-state index contributed by atoms with van der Waals surface area (Å²) in [6, 6.07) is 19.4. The highest BCUT2D eigenvalue weighted by molar-refractivity contribution is 9.10. The van der Waals surface area contributed by atoms with Gasteiger partial charge < -0.3 is 5.32 Å². The average molecular weight is 433 g/mol. The van der Waals surface area contributed by atoms with Crippen LogP contribution in [-0.4, -0.2) is 23.4 Å². The summed E-state index contributed by atoms with van der Waals surface area (Å²) >= 11 is 3.48. The van der Waals surface area contributed by atoms with E-state index in [1.54, 1.807) is 0 Å². The van der Waals surface area contributed by atoms with E-state index in [4.69, 9.17) is 0 Å². The quantitative estimate of drug-likeness (QED) is 0.740. The smallest absolute Gasteiger partial charge is 0.239 e. The van der Waals surface area contributed by atoms with Gasteiger partial charge in [-0.15, -0.1) is 0 Å². The second-order valence-electron chi connectivity index (χ2n) is 7.69.